The normalized spacial score (nSPS) is 17.0. The fraction of sp³-hybridized carbons (Fsp3) is 0.0952. The average molecular weight is 313 g/mol. The van der Waals surface area contributed by atoms with E-state index in [4.69, 9.17) is 4.98 Å². The zero-order chi connectivity index (χ0) is 16.5. The van der Waals surface area contributed by atoms with E-state index in [1.807, 2.05) is 18.2 Å². The van der Waals surface area contributed by atoms with Gasteiger partial charge in [-0.3, -0.25) is 4.57 Å². The molecule has 0 atom stereocenters. The van der Waals surface area contributed by atoms with E-state index in [1.165, 1.54) is 5.56 Å². The van der Waals surface area contributed by atoms with Crippen LogP contribution in [0.2, 0.25) is 0 Å². The van der Waals surface area contributed by atoms with Crippen molar-refractivity contribution in [3.05, 3.63) is 85.0 Å². The summed E-state index contributed by atoms with van der Waals surface area (Å²) in [4.78, 5) is 7.12. The third-order valence-electron chi connectivity index (χ3n) is 4.21. The first-order valence-electron chi connectivity index (χ1n) is 8.08. The molecule has 3 aromatic rings. The lowest BCUT2D eigenvalue weighted by Gasteiger charge is -2.23. The fourth-order valence-corrected chi connectivity index (χ4v) is 3.03. The van der Waals surface area contributed by atoms with Crippen LogP contribution in [0, 0.1) is 6.92 Å². The number of allylic oxidation sites excluding steroid dienone is 4. The Kier molecular flexibility index (Phi) is 3.54. The van der Waals surface area contributed by atoms with Gasteiger partial charge in [-0.25, -0.2) is 4.98 Å². The molecule has 1 aliphatic heterocycles. The summed E-state index contributed by atoms with van der Waals surface area (Å²) in [6, 6.07) is 16.7. The predicted octanol–water partition coefficient (Wildman–Crippen LogP) is 5.08. The third-order valence-corrected chi connectivity index (χ3v) is 4.21. The number of hydrogen-bond donors (Lipinski definition) is 0. The number of hydrogen-bond acceptors (Lipinski definition) is 2. The number of imidazole rings is 1. The van der Waals surface area contributed by atoms with Gasteiger partial charge in [0, 0.05) is 17.9 Å². The molecule has 0 N–H and O–H groups in total. The number of anilines is 2. The minimum Gasteiger partial charge on any atom is -0.308 e. The van der Waals surface area contributed by atoms with E-state index in [0.29, 0.717) is 0 Å². The highest BCUT2D eigenvalue weighted by Gasteiger charge is 2.19. The van der Waals surface area contributed by atoms with Gasteiger partial charge in [0.15, 0.2) is 0 Å². The molecule has 0 fully saturated rings. The Hall–Kier alpha value is -3.07. The van der Waals surface area contributed by atoms with Gasteiger partial charge >= 0.3 is 0 Å². The van der Waals surface area contributed by atoms with Crippen molar-refractivity contribution in [2.24, 2.45) is 0 Å². The Balaban J connectivity index is 2.00. The smallest absolute Gasteiger partial charge is 0.216 e. The number of benzene rings is 2. The summed E-state index contributed by atoms with van der Waals surface area (Å²) >= 11 is 0. The Morgan fingerprint density at radius 2 is 1.88 bits per heavy atom. The Morgan fingerprint density at radius 3 is 2.71 bits per heavy atom. The maximum Gasteiger partial charge on any atom is 0.216 e. The largest absolute Gasteiger partial charge is 0.308 e. The monoisotopic (exact) mass is 313 g/mol. The van der Waals surface area contributed by atoms with Crippen LogP contribution < -0.4 is 4.90 Å². The van der Waals surface area contributed by atoms with Gasteiger partial charge in [-0.1, -0.05) is 49.1 Å². The van der Waals surface area contributed by atoms with Crippen molar-refractivity contribution in [2.75, 3.05) is 11.4 Å². The summed E-state index contributed by atoms with van der Waals surface area (Å²) in [5.41, 5.74) is 5.31. The molecule has 1 aliphatic rings. The Morgan fingerprint density at radius 1 is 1.04 bits per heavy atom. The summed E-state index contributed by atoms with van der Waals surface area (Å²) in [6.45, 7) is 7.11. The number of fused-ring (bicyclic) bond motifs is 3. The van der Waals surface area contributed by atoms with Crippen molar-refractivity contribution in [1.82, 2.24) is 9.55 Å². The van der Waals surface area contributed by atoms with E-state index in [0.717, 1.165) is 34.9 Å². The van der Waals surface area contributed by atoms with Crippen LogP contribution in [0.15, 0.2) is 79.4 Å². The van der Waals surface area contributed by atoms with E-state index >= 15 is 0 Å². The molecule has 1 aromatic heterocycles. The third kappa shape index (κ3) is 2.44. The van der Waals surface area contributed by atoms with E-state index in [-0.39, 0.29) is 0 Å². The molecular formula is C21H19N3. The van der Waals surface area contributed by atoms with Gasteiger partial charge < -0.3 is 4.90 Å². The number of aromatic nitrogens is 2. The maximum absolute atomic E-state index is 4.91. The molecule has 2 aromatic carbocycles. The first kappa shape index (κ1) is 14.5. The highest BCUT2D eigenvalue weighted by molar-refractivity contribution is 5.86. The molecule has 0 saturated carbocycles. The molecule has 118 valence electrons. The zero-order valence-corrected chi connectivity index (χ0v) is 13.7. The van der Waals surface area contributed by atoms with Crippen LogP contribution >= 0.6 is 0 Å². The second-order valence-corrected chi connectivity index (χ2v) is 5.96. The highest BCUT2D eigenvalue weighted by Crippen LogP contribution is 2.32. The van der Waals surface area contributed by atoms with Crippen molar-refractivity contribution < 1.29 is 0 Å². The van der Waals surface area contributed by atoms with E-state index < -0.39 is 0 Å². The van der Waals surface area contributed by atoms with Crippen LogP contribution in [0.3, 0.4) is 0 Å². The quantitative estimate of drug-likeness (QED) is 0.624. The Labute approximate surface area is 141 Å². The minimum atomic E-state index is 0.754. The van der Waals surface area contributed by atoms with E-state index in [1.54, 1.807) is 0 Å². The molecule has 0 radical (unpaired) electrons. The second-order valence-electron chi connectivity index (χ2n) is 5.96. The van der Waals surface area contributed by atoms with Crippen LogP contribution in [-0.2, 0) is 0 Å². The number of para-hydroxylation sites is 1. The summed E-state index contributed by atoms with van der Waals surface area (Å²) in [7, 11) is 0. The summed E-state index contributed by atoms with van der Waals surface area (Å²) in [5.74, 6) is 0.892. The minimum absolute atomic E-state index is 0.754. The first-order valence-corrected chi connectivity index (χ1v) is 8.08. The van der Waals surface area contributed by atoms with E-state index in [9.17, 15) is 0 Å². The van der Waals surface area contributed by atoms with Crippen molar-refractivity contribution >= 4 is 28.4 Å². The highest BCUT2D eigenvalue weighted by atomic mass is 15.3. The molecule has 2 heterocycles. The van der Waals surface area contributed by atoms with Crippen LogP contribution in [0.5, 0.6) is 0 Å². The van der Waals surface area contributed by atoms with Crippen molar-refractivity contribution in [3.8, 4) is 0 Å². The van der Waals surface area contributed by atoms with Crippen LogP contribution in [0.25, 0.3) is 16.7 Å². The van der Waals surface area contributed by atoms with Gasteiger partial charge in [0.05, 0.1) is 11.0 Å². The summed E-state index contributed by atoms with van der Waals surface area (Å²) < 4.78 is 2.14. The van der Waals surface area contributed by atoms with Crippen LogP contribution in [0.1, 0.15) is 5.56 Å². The SMILES string of the molecule is C=C1/C=C\C=C/CN(c2ccccc2)c2nc3ccc(C)cc3n21. The topological polar surface area (TPSA) is 21.1 Å². The van der Waals surface area contributed by atoms with Gasteiger partial charge in [-0.05, 0) is 42.8 Å². The van der Waals surface area contributed by atoms with Gasteiger partial charge in [0.1, 0.15) is 0 Å². The molecule has 0 saturated heterocycles. The van der Waals surface area contributed by atoms with Gasteiger partial charge in [-0.2, -0.15) is 0 Å². The summed E-state index contributed by atoms with van der Waals surface area (Å²) in [6.07, 6.45) is 8.25. The second kappa shape index (κ2) is 5.85. The van der Waals surface area contributed by atoms with Crippen molar-refractivity contribution in [2.45, 2.75) is 6.92 Å². The first-order chi connectivity index (χ1) is 11.7. The zero-order valence-electron chi connectivity index (χ0n) is 13.7. The molecule has 3 nitrogen and oxygen atoms in total. The lowest BCUT2D eigenvalue weighted by atomic mass is 10.2. The molecule has 4 rings (SSSR count). The molecule has 0 amide bonds. The molecule has 0 spiro atoms. The van der Waals surface area contributed by atoms with Crippen molar-refractivity contribution in [3.63, 3.8) is 0 Å². The van der Waals surface area contributed by atoms with Gasteiger partial charge in [-0.15, -0.1) is 0 Å². The van der Waals surface area contributed by atoms with Crippen LogP contribution in [0.4, 0.5) is 11.6 Å². The molecule has 3 heteroatoms. The fourth-order valence-electron chi connectivity index (χ4n) is 3.03. The summed E-state index contributed by atoms with van der Waals surface area (Å²) in [5, 5.41) is 0. The Bertz CT molecular complexity index is 961. The molecular weight excluding hydrogens is 294 g/mol. The lowest BCUT2D eigenvalue weighted by Crippen LogP contribution is -2.20. The standard InChI is InChI=1S/C21H19N3/c1-16-12-13-19-20(15-16)24-17(2)9-5-4-8-14-23(21(24)22-19)18-10-6-3-7-11-18/h3-13,15H,2,14H2,1H3/b8-4-,9-5-. The van der Waals surface area contributed by atoms with Gasteiger partial charge in [0.25, 0.3) is 0 Å². The molecule has 0 unspecified atom stereocenters. The predicted molar refractivity (Wildman–Crippen MR) is 102 cm³/mol. The van der Waals surface area contributed by atoms with E-state index in [2.05, 4.69) is 77.6 Å². The number of aryl methyl sites for hydroxylation is 1. The number of nitrogens with zero attached hydrogens (tertiary/aromatic N) is 3. The maximum atomic E-state index is 4.91. The van der Waals surface area contributed by atoms with Crippen molar-refractivity contribution in [1.29, 1.82) is 0 Å². The molecule has 0 bridgehead atoms. The lowest BCUT2D eigenvalue weighted by molar-refractivity contribution is 0.981. The number of rotatable bonds is 1. The van der Waals surface area contributed by atoms with Gasteiger partial charge in [0.2, 0.25) is 5.95 Å². The van der Waals surface area contributed by atoms with Crippen LogP contribution in [-0.4, -0.2) is 16.1 Å². The average Bonchev–Trinajstić information content (AvgIpc) is 2.98. The molecule has 24 heavy (non-hydrogen) atoms. The molecule has 0 aliphatic carbocycles.